The maximum Gasteiger partial charge on any atom is 0.326 e. The number of hydrogen-bond donors (Lipinski definition) is 6. The molecule has 0 bridgehead atoms. The SMILES string of the molecule is C=C=S.CC(=S)NCCCCC(NC(C)=S)C(=O)O.NCCCCC(N)C(=O)O. The van der Waals surface area contributed by atoms with Crippen LogP contribution >= 0.6 is 36.7 Å². The Hall–Kier alpha value is -1.49. The highest BCUT2D eigenvalue weighted by atomic mass is 32.1. The lowest BCUT2D eigenvalue weighted by atomic mass is 10.1. The fourth-order valence-electron chi connectivity index (χ4n) is 1.87. The predicted octanol–water partition coefficient (Wildman–Crippen LogP) is 1.78. The summed E-state index contributed by atoms with van der Waals surface area (Å²) in [7, 11) is 0. The highest BCUT2D eigenvalue weighted by Crippen LogP contribution is 2.01. The zero-order valence-electron chi connectivity index (χ0n) is 17.1. The molecule has 0 spiro atoms. The first-order chi connectivity index (χ1) is 13.5. The smallest absolute Gasteiger partial charge is 0.326 e. The van der Waals surface area contributed by atoms with Crippen LogP contribution in [0.15, 0.2) is 6.58 Å². The first-order valence-electron chi connectivity index (χ1n) is 9.10. The van der Waals surface area contributed by atoms with Gasteiger partial charge in [-0.2, -0.15) is 0 Å². The maximum atomic E-state index is 10.8. The van der Waals surface area contributed by atoms with E-state index in [0.29, 0.717) is 24.4 Å². The van der Waals surface area contributed by atoms with E-state index in [1.165, 1.54) is 0 Å². The minimum atomic E-state index is -0.933. The maximum absolute atomic E-state index is 10.8. The van der Waals surface area contributed by atoms with Gasteiger partial charge in [-0.15, -0.1) is 0 Å². The molecule has 0 aromatic heterocycles. The lowest BCUT2D eigenvalue weighted by Gasteiger charge is -2.14. The average molecular weight is 467 g/mol. The number of nitrogens with two attached hydrogens (primary N) is 2. The summed E-state index contributed by atoms with van der Waals surface area (Å²) in [6, 6.07) is -1.29. The van der Waals surface area contributed by atoms with Crippen molar-refractivity contribution in [2.24, 2.45) is 11.5 Å². The summed E-state index contributed by atoms with van der Waals surface area (Å²) in [6.07, 6.45) is 4.46. The van der Waals surface area contributed by atoms with Crippen LogP contribution in [0, 0.1) is 0 Å². The zero-order valence-corrected chi connectivity index (χ0v) is 19.6. The van der Waals surface area contributed by atoms with E-state index in [1.54, 1.807) is 6.92 Å². The number of carboxylic acids is 2. The molecule has 8 N–H and O–H groups in total. The second kappa shape index (κ2) is 22.8. The zero-order chi connectivity index (χ0) is 23.2. The standard InChI is InChI=1S/C10H18N2O2S2.C6H14N2O2.C2H2S/c1-7(15)11-6-4-3-5-9(10(13)14)12-8(2)16;7-4-2-1-3-5(8)6(9)10;1-2-3/h9H,3-6H2,1-2H3,(H,11,15)(H,12,16)(H,13,14);5H,1-4,7-8H2,(H,9,10);1H2. The molecule has 2 unspecified atom stereocenters. The van der Waals surface area contributed by atoms with E-state index in [2.05, 4.69) is 34.5 Å². The van der Waals surface area contributed by atoms with Crippen molar-refractivity contribution in [3.8, 4) is 0 Å². The predicted molar refractivity (Wildman–Crippen MR) is 130 cm³/mol. The van der Waals surface area contributed by atoms with Crippen LogP contribution in [0.2, 0.25) is 0 Å². The lowest BCUT2D eigenvalue weighted by molar-refractivity contribution is -0.139. The Bertz CT molecular complexity index is 527. The summed E-state index contributed by atoms with van der Waals surface area (Å²) in [6.45, 7) is 7.95. The van der Waals surface area contributed by atoms with Crippen LogP contribution in [0.3, 0.4) is 0 Å². The third kappa shape index (κ3) is 28.8. The molecule has 0 radical (unpaired) electrons. The van der Waals surface area contributed by atoms with Crippen molar-refractivity contribution < 1.29 is 19.8 Å². The van der Waals surface area contributed by atoms with Crippen molar-refractivity contribution in [2.45, 2.75) is 64.5 Å². The summed E-state index contributed by atoms with van der Waals surface area (Å²) < 4.78 is 0. The molecule has 168 valence electrons. The molecule has 8 nitrogen and oxygen atoms in total. The molecule has 0 rings (SSSR count). The van der Waals surface area contributed by atoms with Gasteiger partial charge in [-0.05, 0) is 71.3 Å². The molecule has 0 aliphatic heterocycles. The van der Waals surface area contributed by atoms with E-state index in [1.807, 2.05) is 6.92 Å². The molecule has 0 aromatic rings. The van der Waals surface area contributed by atoms with Gasteiger partial charge in [0.15, 0.2) is 0 Å². The van der Waals surface area contributed by atoms with Gasteiger partial charge in [0.05, 0.1) is 9.98 Å². The Labute approximate surface area is 189 Å². The average Bonchev–Trinajstić information content (AvgIpc) is 2.61. The minimum Gasteiger partial charge on any atom is -0.480 e. The molecule has 0 saturated carbocycles. The van der Waals surface area contributed by atoms with E-state index in [-0.39, 0.29) is 0 Å². The normalized spacial score (nSPS) is 11.2. The summed E-state index contributed by atoms with van der Waals surface area (Å²) in [5.74, 6) is -1.79. The van der Waals surface area contributed by atoms with Gasteiger partial charge < -0.3 is 32.3 Å². The van der Waals surface area contributed by atoms with Crippen molar-refractivity contribution in [2.75, 3.05) is 13.1 Å². The molecule has 0 aliphatic rings. The van der Waals surface area contributed by atoms with Crippen LogP contribution in [0.1, 0.15) is 52.4 Å². The molecular weight excluding hydrogens is 432 g/mol. The van der Waals surface area contributed by atoms with Crippen LogP contribution in [0.5, 0.6) is 0 Å². The van der Waals surface area contributed by atoms with E-state index in [9.17, 15) is 9.59 Å². The van der Waals surface area contributed by atoms with Crippen molar-refractivity contribution in [1.82, 2.24) is 10.6 Å². The highest BCUT2D eigenvalue weighted by molar-refractivity contribution is 7.80. The minimum absolute atomic E-state index is 0.514. The topological polar surface area (TPSA) is 151 Å². The summed E-state index contributed by atoms with van der Waals surface area (Å²) in [5, 5.41) is 25.1. The first-order valence-corrected chi connectivity index (χ1v) is 10.3. The van der Waals surface area contributed by atoms with Gasteiger partial charge in [0.1, 0.15) is 12.1 Å². The van der Waals surface area contributed by atoms with Crippen LogP contribution in [0.25, 0.3) is 0 Å². The molecule has 0 aromatic carbocycles. The van der Waals surface area contributed by atoms with Gasteiger partial charge in [-0.3, -0.25) is 4.79 Å². The molecular formula is C18H34N4O4S3. The molecule has 0 aliphatic carbocycles. The molecule has 11 heteroatoms. The van der Waals surface area contributed by atoms with Crippen molar-refractivity contribution >= 4 is 63.6 Å². The highest BCUT2D eigenvalue weighted by Gasteiger charge is 2.16. The molecule has 29 heavy (non-hydrogen) atoms. The van der Waals surface area contributed by atoms with Crippen molar-refractivity contribution in [1.29, 1.82) is 0 Å². The van der Waals surface area contributed by atoms with Crippen LogP contribution in [0.4, 0.5) is 0 Å². The van der Waals surface area contributed by atoms with Gasteiger partial charge >= 0.3 is 11.9 Å². The Morgan fingerprint density at radius 2 is 1.55 bits per heavy atom. The van der Waals surface area contributed by atoms with Crippen molar-refractivity contribution in [3.63, 3.8) is 0 Å². The van der Waals surface area contributed by atoms with Gasteiger partial charge in [-0.1, -0.05) is 35.9 Å². The van der Waals surface area contributed by atoms with E-state index >= 15 is 0 Å². The number of aliphatic carboxylic acids is 2. The lowest BCUT2D eigenvalue weighted by Crippen LogP contribution is -2.38. The Balaban J connectivity index is -0.000000443. The quantitative estimate of drug-likeness (QED) is 0.184. The third-order valence-electron chi connectivity index (χ3n) is 3.26. The molecule has 0 amide bonds. The molecule has 0 fully saturated rings. The summed E-state index contributed by atoms with van der Waals surface area (Å²) in [5.41, 5.74) is 10.4. The van der Waals surface area contributed by atoms with Gasteiger partial charge in [-0.25, -0.2) is 4.79 Å². The summed E-state index contributed by atoms with van der Waals surface area (Å²) >= 11 is 13.7. The van der Waals surface area contributed by atoms with Gasteiger partial charge in [0.25, 0.3) is 0 Å². The van der Waals surface area contributed by atoms with E-state index in [4.69, 9.17) is 46.1 Å². The second-order valence-electron chi connectivity index (χ2n) is 5.94. The number of thiocarbonyl (C=S) groups is 3. The Morgan fingerprint density at radius 1 is 1.03 bits per heavy atom. The number of carbonyl (C=O) groups is 2. The second-order valence-corrected chi connectivity index (χ2v) is 7.46. The van der Waals surface area contributed by atoms with Gasteiger partial charge in [0, 0.05) is 6.54 Å². The van der Waals surface area contributed by atoms with Crippen LogP contribution in [-0.2, 0) is 9.59 Å². The van der Waals surface area contributed by atoms with Crippen LogP contribution in [-0.4, -0.2) is 62.3 Å². The molecule has 2 atom stereocenters. The fourth-order valence-corrected chi connectivity index (χ4v) is 2.12. The Kier molecular flexibility index (Phi) is 25.3. The third-order valence-corrected chi connectivity index (χ3v) is 3.52. The largest absolute Gasteiger partial charge is 0.480 e. The molecule has 0 saturated heterocycles. The fraction of sp³-hybridized carbons (Fsp3) is 0.667. The number of carboxylic acid groups (broad SMARTS) is 2. The Morgan fingerprint density at radius 3 is 1.93 bits per heavy atom. The number of rotatable bonds is 12. The van der Waals surface area contributed by atoms with Crippen molar-refractivity contribution in [3.05, 3.63) is 6.58 Å². The number of nitrogens with one attached hydrogen (secondary N) is 2. The first kappa shape index (κ1) is 32.2. The molecule has 0 heterocycles. The van der Waals surface area contributed by atoms with E-state index < -0.39 is 24.0 Å². The van der Waals surface area contributed by atoms with E-state index in [0.717, 1.165) is 37.2 Å². The van der Waals surface area contributed by atoms with Crippen LogP contribution < -0.4 is 22.1 Å². The van der Waals surface area contributed by atoms with Gasteiger partial charge in [0.2, 0.25) is 0 Å². The number of unbranched alkanes of at least 4 members (excludes halogenated alkanes) is 2. The monoisotopic (exact) mass is 466 g/mol. The number of hydrogen-bond acceptors (Lipinski definition) is 7. The summed E-state index contributed by atoms with van der Waals surface area (Å²) in [4.78, 5) is 22.3.